The summed E-state index contributed by atoms with van der Waals surface area (Å²) in [6, 6.07) is 0. The number of aryl methyl sites for hydroxylation is 1. The van der Waals surface area contributed by atoms with E-state index in [1.807, 2.05) is 11.6 Å². The fourth-order valence-corrected chi connectivity index (χ4v) is 3.35. The molecule has 0 saturated heterocycles. The summed E-state index contributed by atoms with van der Waals surface area (Å²) in [6.45, 7) is 6.78. The van der Waals surface area contributed by atoms with E-state index in [4.69, 9.17) is 0 Å². The Morgan fingerprint density at radius 2 is 2.08 bits per heavy atom. The Hall–Kier alpha value is -2.17. The number of hydrogen-bond acceptors (Lipinski definition) is 4. The van der Waals surface area contributed by atoms with Crippen molar-refractivity contribution in [2.24, 2.45) is 13.0 Å². The van der Waals surface area contributed by atoms with Gasteiger partial charge in [-0.25, -0.2) is 15.0 Å². The summed E-state index contributed by atoms with van der Waals surface area (Å²) in [5.41, 5.74) is 3.13. The molecule has 1 aliphatic rings. The predicted octanol–water partition coefficient (Wildman–Crippen LogP) is 4.25. The third-order valence-electron chi connectivity index (χ3n) is 4.81. The van der Waals surface area contributed by atoms with Crippen LogP contribution in [0.1, 0.15) is 46.5 Å². The molecule has 2 aromatic rings. The van der Waals surface area contributed by atoms with Gasteiger partial charge in [0.05, 0.1) is 6.33 Å². The molecule has 1 unspecified atom stereocenters. The molecule has 24 heavy (non-hydrogen) atoms. The van der Waals surface area contributed by atoms with Gasteiger partial charge in [0.1, 0.15) is 11.8 Å². The lowest BCUT2D eigenvalue weighted by Crippen LogP contribution is -2.37. The van der Waals surface area contributed by atoms with Crippen molar-refractivity contribution in [2.45, 2.75) is 52.0 Å². The predicted molar refractivity (Wildman–Crippen MR) is 98.9 cm³/mol. The minimum Gasteiger partial charge on any atom is -0.362 e. The van der Waals surface area contributed by atoms with Crippen molar-refractivity contribution >= 4 is 17.0 Å². The Balaban J connectivity index is 1.90. The summed E-state index contributed by atoms with van der Waals surface area (Å²) in [6.07, 6.45) is 14.5. The number of rotatable bonds is 5. The number of imidazole rings is 1. The van der Waals surface area contributed by atoms with Crippen LogP contribution in [0.4, 0.5) is 5.82 Å². The van der Waals surface area contributed by atoms with Gasteiger partial charge < -0.3 is 9.88 Å². The fraction of sp³-hybridized carbons (Fsp3) is 0.526. The van der Waals surface area contributed by atoms with E-state index in [1.165, 1.54) is 5.57 Å². The van der Waals surface area contributed by atoms with Crippen molar-refractivity contribution in [3.63, 3.8) is 0 Å². The van der Waals surface area contributed by atoms with Crippen molar-refractivity contribution in [2.75, 3.05) is 5.32 Å². The zero-order valence-corrected chi connectivity index (χ0v) is 15.1. The van der Waals surface area contributed by atoms with E-state index in [2.05, 4.69) is 59.3 Å². The van der Waals surface area contributed by atoms with Crippen LogP contribution in [0.15, 0.2) is 36.5 Å². The van der Waals surface area contributed by atoms with Crippen LogP contribution >= 0.6 is 0 Å². The standard InChI is InChI=1S/C19H27N5/c1-5-19(9-6-7-15(8-10-19)11-14(2)3)23-18-16-17(20-12-21-18)22-13-24(16)4/h6-8,12-14H,5,9-11H2,1-4H3,(H,20,21,23). The second-order valence-electron chi connectivity index (χ2n) is 7.20. The van der Waals surface area contributed by atoms with Crippen molar-refractivity contribution in [3.05, 3.63) is 36.5 Å². The maximum Gasteiger partial charge on any atom is 0.182 e. The number of allylic oxidation sites excluding steroid dienone is 2. The monoisotopic (exact) mass is 325 g/mol. The molecule has 0 saturated carbocycles. The topological polar surface area (TPSA) is 55.6 Å². The first-order chi connectivity index (χ1) is 11.5. The maximum atomic E-state index is 4.50. The van der Waals surface area contributed by atoms with Crippen LogP contribution in [0.3, 0.4) is 0 Å². The number of hydrogen-bond donors (Lipinski definition) is 1. The van der Waals surface area contributed by atoms with E-state index >= 15 is 0 Å². The van der Waals surface area contributed by atoms with Crippen molar-refractivity contribution in [1.82, 2.24) is 19.5 Å². The summed E-state index contributed by atoms with van der Waals surface area (Å²) in [7, 11) is 1.98. The van der Waals surface area contributed by atoms with Crippen LogP contribution in [0.25, 0.3) is 11.2 Å². The highest BCUT2D eigenvalue weighted by Gasteiger charge is 2.28. The Kier molecular flexibility index (Phi) is 4.69. The quantitative estimate of drug-likeness (QED) is 0.893. The lowest BCUT2D eigenvalue weighted by Gasteiger charge is -2.32. The first-order valence-corrected chi connectivity index (χ1v) is 8.79. The second kappa shape index (κ2) is 6.75. The fourth-order valence-electron chi connectivity index (χ4n) is 3.35. The van der Waals surface area contributed by atoms with Crippen LogP contribution in [-0.2, 0) is 7.05 Å². The lowest BCUT2D eigenvalue weighted by atomic mass is 9.88. The maximum absolute atomic E-state index is 4.50. The van der Waals surface area contributed by atoms with Gasteiger partial charge in [-0.1, -0.05) is 44.6 Å². The smallest absolute Gasteiger partial charge is 0.182 e. The molecule has 1 N–H and O–H groups in total. The van der Waals surface area contributed by atoms with Crippen LogP contribution in [-0.4, -0.2) is 25.1 Å². The van der Waals surface area contributed by atoms with Gasteiger partial charge in [-0.3, -0.25) is 0 Å². The lowest BCUT2D eigenvalue weighted by molar-refractivity contribution is 0.459. The van der Waals surface area contributed by atoms with Gasteiger partial charge in [0.15, 0.2) is 11.5 Å². The van der Waals surface area contributed by atoms with E-state index in [1.54, 1.807) is 12.7 Å². The van der Waals surface area contributed by atoms with Crippen molar-refractivity contribution < 1.29 is 0 Å². The van der Waals surface area contributed by atoms with Crippen LogP contribution < -0.4 is 5.32 Å². The zero-order valence-electron chi connectivity index (χ0n) is 15.1. The molecule has 5 nitrogen and oxygen atoms in total. The highest BCUT2D eigenvalue weighted by Crippen LogP contribution is 2.32. The first kappa shape index (κ1) is 16.7. The summed E-state index contributed by atoms with van der Waals surface area (Å²) in [4.78, 5) is 13.1. The molecule has 0 aromatic carbocycles. The molecule has 0 fully saturated rings. The molecule has 0 spiro atoms. The average Bonchev–Trinajstić information content (AvgIpc) is 2.82. The molecule has 0 radical (unpaired) electrons. The molecule has 1 aliphatic carbocycles. The van der Waals surface area contributed by atoms with Gasteiger partial charge in [-0.05, 0) is 31.6 Å². The number of anilines is 1. The van der Waals surface area contributed by atoms with Crippen LogP contribution in [0.2, 0.25) is 0 Å². The first-order valence-electron chi connectivity index (χ1n) is 8.79. The van der Waals surface area contributed by atoms with Gasteiger partial charge in [0.2, 0.25) is 0 Å². The highest BCUT2D eigenvalue weighted by atomic mass is 15.1. The summed E-state index contributed by atoms with van der Waals surface area (Å²) in [5, 5.41) is 3.72. The molecule has 128 valence electrons. The van der Waals surface area contributed by atoms with Gasteiger partial charge in [0, 0.05) is 12.6 Å². The Morgan fingerprint density at radius 3 is 2.83 bits per heavy atom. The minimum atomic E-state index is -0.0131. The zero-order chi connectivity index (χ0) is 17.2. The van der Waals surface area contributed by atoms with E-state index in [0.29, 0.717) is 5.92 Å². The minimum absolute atomic E-state index is 0.0131. The van der Waals surface area contributed by atoms with Gasteiger partial charge >= 0.3 is 0 Å². The highest BCUT2D eigenvalue weighted by molar-refractivity contribution is 5.83. The molecule has 0 amide bonds. The molecule has 1 atom stereocenters. The molecular weight excluding hydrogens is 298 g/mol. The molecule has 3 rings (SSSR count). The van der Waals surface area contributed by atoms with E-state index in [0.717, 1.165) is 42.7 Å². The Labute approximate surface area is 143 Å². The number of nitrogens with one attached hydrogen (secondary N) is 1. The molecule has 2 aromatic heterocycles. The molecule has 2 heterocycles. The molecule has 5 heteroatoms. The Bertz CT molecular complexity index is 771. The average molecular weight is 325 g/mol. The molecule has 0 aliphatic heterocycles. The second-order valence-corrected chi connectivity index (χ2v) is 7.20. The SMILES string of the molecule is CCC1(Nc2ncnc3ncn(C)c23)CC=CC(CC(C)C)=CC1. The number of fused-ring (bicyclic) bond motifs is 1. The van der Waals surface area contributed by atoms with Gasteiger partial charge in [0.25, 0.3) is 0 Å². The number of nitrogens with zero attached hydrogens (tertiary/aromatic N) is 4. The van der Waals surface area contributed by atoms with E-state index < -0.39 is 0 Å². The third-order valence-corrected chi connectivity index (χ3v) is 4.81. The third kappa shape index (κ3) is 3.35. The molecule has 0 bridgehead atoms. The van der Waals surface area contributed by atoms with Gasteiger partial charge in [-0.15, -0.1) is 0 Å². The van der Waals surface area contributed by atoms with Crippen molar-refractivity contribution in [1.29, 1.82) is 0 Å². The number of aromatic nitrogens is 4. The van der Waals surface area contributed by atoms with E-state index in [-0.39, 0.29) is 5.54 Å². The largest absolute Gasteiger partial charge is 0.362 e. The van der Waals surface area contributed by atoms with Crippen LogP contribution in [0.5, 0.6) is 0 Å². The molecular formula is C19H27N5. The van der Waals surface area contributed by atoms with Crippen LogP contribution in [0, 0.1) is 5.92 Å². The Morgan fingerprint density at radius 1 is 1.25 bits per heavy atom. The summed E-state index contributed by atoms with van der Waals surface area (Å²) < 4.78 is 1.98. The summed E-state index contributed by atoms with van der Waals surface area (Å²) in [5.74, 6) is 1.55. The van der Waals surface area contributed by atoms with Crippen molar-refractivity contribution in [3.8, 4) is 0 Å². The van der Waals surface area contributed by atoms with Gasteiger partial charge in [-0.2, -0.15) is 0 Å². The summed E-state index contributed by atoms with van der Waals surface area (Å²) >= 11 is 0. The normalized spacial score (nSPS) is 21.1. The van der Waals surface area contributed by atoms with E-state index in [9.17, 15) is 0 Å².